The molecule has 0 saturated carbocycles. The molecule has 3 heterocycles. The predicted molar refractivity (Wildman–Crippen MR) is 88.1 cm³/mol. The summed E-state index contributed by atoms with van der Waals surface area (Å²) in [6.45, 7) is 3.49. The Morgan fingerprint density at radius 3 is 2.50 bits per heavy atom. The van der Waals surface area contributed by atoms with E-state index in [9.17, 15) is 8.78 Å². The molecule has 2 aliphatic heterocycles. The standard InChI is InChI=1S/C16H18F2N6/c1-22-3-5-24(6-4-22)16-10-9-23(2)21-15(10)19-13-7-11(17)12(18)8-14(13)20-16/h7-9H,3-6H2,1-2H3,(H,19,21). The van der Waals surface area contributed by atoms with Gasteiger partial charge in [-0.05, 0) is 7.05 Å². The zero-order valence-corrected chi connectivity index (χ0v) is 13.6. The number of aryl methyl sites for hydroxylation is 1. The maximum Gasteiger partial charge on any atom is 0.163 e. The summed E-state index contributed by atoms with van der Waals surface area (Å²) in [4.78, 5) is 9.06. The average molecular weight is 332 g/mol. The van der Waals surface area contributed by atoms with E-state index in [1.54, 1.807) is 4.68 Å². The van der Waals surface area contributed by atoms with E-state index < -0.39 is 11.6 Å². The van der Waals surface area contributed by atoms with Crippen molar-refractivity contribution in [3.05, 3.63) is 35.5 Å². The van der Waals surface area contributed by atoms with E-state index in [1.165, 1.54) is 0 Å². The molecule has 6 nitrogen and oxygen atoms in total. The van der Waals surface area contributed by atoms with Crippen molar-refractivity contribution in [1.82, 2.24) is 19.6 Å². The number of hydrogen-bond acceptors (Lipinski definition) is 5. The van der Waals surface area contributed by atoms with Crippen LogP contribution in [0.4, 0.5) is 26.0 Å². The van der Waals surface area contributed by atoms with E-state index in [1.807, 2.05) is 13.2 Å². The van der Waals surface area contributed by atoms with Gasteiger partial charge >= 0.3 is 0 Å². The summed E-state index contributed by atoms with van der Waals surface area (Å²) in [5.74, 6) is -0.475. The monoisotopic (exact) mass is 332 g/mol. The van der Waals surface area contributed by atoms with Gasteiger partial charge in [-0.2, -0.15) is 5.10 Å². The summed E-state index contributed by atoms with van der Waals surface area (Å²) < 4.78 is 29.0. The summed E-state index contributed by atoms with van der Waals surface area (Å²) in [5.41, 5.74) is 1.63. The zero-order chi connectivity index (χ0) is 16.8. The molecule has 2 aromatic rings. The molecule has 1 N–H and O–H groups in total. The molecule has 2 aliphatic rings. The van der Waals surface area contributed by atoms with E-state index in [-0.39, 0.29) is 0 Å². The van der Waals surface area contributed by atoms with Gasteiger partial charge in [0, 0.05) is 51.6 Å². The van der Waals surface area contributed by atoms with Crippen LogP contribution in [-0.2, 0) is 7.05 Å². The first kappa shape index (κ1) is 15.1. The van der Waals surface area contributed by atoms with Crippen molar-refractivity contribution in [1.29, 1.82) is 0 Å². The molecule has 0 aliphatic carbocycles. The normalized spacial score (nSPS) is 17.7. The minimum absolute atomic E-state index is 0.378. The molecule has 0 atom stereocenters. The Labute approximate surface area is 138 Å². The van der Waals surface area contributed by atoms with Crippen molar-refractivity contribution in [3.63, 3.8) is 0 Å². The maximum absolute atomic E-state index is 13.7. The molecule has 8 heteroatoms. The molecular weight excluding hydrogens is 314 g/mol. The topological polar surface area (TPSA) is 48.7 Å². The molecular formula is C16H18F2N6. The number of nitrogens with zero attached hydrogens (tertiary/aromatic N) is 5. The first-order valence-electron chi connectivity index (χ1n) is 7.83. The third kappa shape index (κ3) is 2.52. The third-order valence-corrected chi connectivity index (χ3v) is 4.39. The van der Waals surface area contributed by atoms with E-state index in [4.69, 9.17) is 0 Å². The van der Waals surface area contributed by atoms with E-state index in [0.29, 0.717) is 17.2 Å². The van der Waals surface area contributed by atoms with Crippen molar-refractivity contribution in [2.24, 2.45) is 12.0 Å². The van der Waals surface area contributed by atoms with Gasteiger partial charge in [0.05, 0.1) is 16.9 Å². The molecule has 0 bridgehead atoms. The van der Waals surface area contributed by atoms with Gasteiger partial charge in [-0.3, -0.25) is 4.68 Å². The van der Waals surface area contributed by atoms with Crippen LogP contribution in [-0.4, -0.2) is 58.6 Å². The van der Waals surface area contributed by atoms with Crippen molar-refractivity contribution < 1.29 is 8.78 Å². The fraction of sp³-hybridized carbons (Fsp3) is 0.375. The first-order valence-corrected chi connectivity index (χ1v) is 7.83. The lowest BCUT2D eigenvalue weighted by atomic mass is 10.2. The molecule has 1 aromatic heterocycles. The molecule has 0 amide bonds. The highest BCUT2D eigenvalue weighted by atomic mass is 19.2. The Kier molecular flexibility index (Phi) is 3.49. The van der Waals surface area contributed by atoms with Gasteiger partial charge in [-0.15, -0.1) is 0 Å². The number of piperazine rings is 1. The summed E-state index contributed by atoms with van der Waals surface area (Å²) in [5, 5.41) is 7.47. The van der Waals surface area contributed by atoms with Gasteiger partial charge in [0.15, 0.2) is 17.5 Å². The van der Waals surface area contributed by atoms with E-state index in [0.717, 1.165) is 49.7 Å². The number of amidine groups is 1. The van der Waals surface area contributed by atoms with E-state index >= 15 is 0 Å². The third-order valence-electron chi connectivity index (χ3n) is 4.39. The predicted octanol–water partition coefficient (Wildman–Crippen LogP) is 2.08. The Hall–Kier alpha value is -2.48. The molecule has 126 valence electrons. The molecule has 0 spiro atoms. The second kappa shape index (κ2) is 5.55. The van der Waals surface area contributed by atoms with Gasteiger partial charge in [-0.25, -0.2) is 13.8 Å². The number of hydrogen-bond donors (Lipinski definition) is 1. The van der Waals surface area contributed by atoms with Gasteiger partial charge < -0.3 is 15.1 Å². The maximum atomic E-state index is 13.7. The average Bonchev–Trinajstić information content (AvgIpc) is 2.84. The Morgan fingerprint density at radius 1 is 1.04 bits per heavy atom. The van der Waals surface area contributed by atoms with Crippen LogP contribution in [0.3, 0.4) is 0 Å². The number of rotatable bonds is 0. The van der Waals surface area contributed by atoms with Crippen LogP contribution in [0.15, 0.2) is 23.3 Å². The Bertz CT molecular complexity index is 820. The van der Waals surface area contributed by atoms with Gasteiger partial charge in [0.1, 0.15) is 5.84 Å². The summed E-state index contributed by atoms with van der Waals surface area (Å²) in [7, 11) is 3.90. The number of aliphatic imine (C=N–C) groups is 1. The number of halogens is 2. The van der Waals surface area contributed by atoms with Gasteiger partial charge in [0.25, 0.3) is 0 Å². The Morgan fingerprint density at radius 2 is 1.75 bits per heavy atom. The zero-order valence-electron chi connectivity index (χ0n) is 13.6. The summed E-state index contributed by atoms with van der Waals surface area (Å²) in [6, 6.07) is 2.25. The lowest BCUT2D eigenvalue weighted by Gasteiger charge is -2.34. The SMILES string of the molecule is CN1CCN(C2=Nc3cc(F)c(F)cc3Nc3nn(C)cc32)CC1. The van der Waals surface area contributed by atoms with Crippen LogP contribution >= 0.6 is 0 Å². The minimum atomic E-state index is -0.906. The summed E-state index contributed by atoms with van der Waals surface area (Å²) >= 11 is 0. The van der Waals surface area contributed by atoms with Crippen LogP contribution in [0.1, 0.15) is 5.56 Å². The largest absolute Gasteiger partial charge is 0.353 e. The van der Waals surface area contributed by atoms with Gasteiger partial charge in [0.2, 0.25) is 0 Å². The van der Waals surface area contributed by atoms with Crippen molar-refractivity contribution in [2.75, 3.05) is 38.5 Å². The Balaban J connectivity index is 1.84. The fourth-order valence-corrected chi connectivity index (χ4v) is 3.03. The fourth-order valence-electron chi connectivity index (χ4n) is 3.03. The highest BCUT2D eigenvalue weighted by Crippen LogP contribution is 2.35. The van der Waals surface area contributed by atoms with Crippen LogP contribution in [0.2, 0.25) is 0 Å². The van der Waals surface area contributed by atoms with E-state index in [2.05, 4.69) is 32.3 Å². The molecule has 1 aromatic carbocycles. The second-order valence-electron chi connectivity index (χ2n) is 6.20. The van der Waals surface area contributed by atoms with Crippen molar-refractivity contribution in [2.45, 2.75) is 0 Å². The number of nitrogens with one attached hydrogen (secondary N) is 1. The van der Waals surface area contributed by atoms with Crippen molar-refractivity contribution in [3.8, 4) is 0 Å². The van der Waals surface area contributed by atoms with Crippen LogP contribution in [0, 0.1) is 11.6 Å². The lowest BCUT2D eigenvalue weighted by Crippen LogP contribution is -2.47. The number of anilines is 2. The second-order valence-corrected chi connectivity index (χ2v) is 6.20. The number of aromatic nitrogens is 2. The highest BCUT2D eigenvalue weighted by Gasteiger charge is 2.26. The molecule has 1 fully saturated rings. The lowest BCUT2D eigenvalue weighted by molar-refractivity contribution is 0.216. The van der Waals surface area contributed by atoms with Crippen molar-refractivity contribution >= 4 is 23.0 Å². The molecule has 1 saturated heterocycles. The van der Waals surface area contributed by atoms with Crippen LogP contribution in [0.5, 0.6) is 0 Å². The smallest absolute Gasteiger partial charge is 0.163 e. The van der Waals surface area contributed by atoms with Gasteiger partial charge in [-0.1, -0.05) is 0 Å². The molecule has 4 rings (SSSR count). The highest BCUT2D eigenvalue weighted by molar-refractivity contribution is 6.06. The minimum Gasteiger partial charge on any atom is -0.353 e. The molecule has 24 heavy (non-hydrogen) atoms. The van der Waals surface area contributed by atoms with Crippen LogP contribution in [0.25, 0.3) is 0 Å². The number of likely N-dealkylation sites (N-methyl/N-ethyl adjacent to an activating group) is 1. The number of fused-ring (bicyclic) bond motifs is 2. The number of benzene rings is 1. The summed E-state index contributed by atoms with van der Waals surface area (Å²) in [6.07, 6.45) is 1.87. The molecule has 0 radical (unpaired) electrons. The quantitative estimate of drug-likeness (QED) is 0.802. The molecule has 0 unspecified atom stereocenters. The first-order chi connectivity index (χ1) is 11.5. The van der Waals surface area contributed by atoms with Crippen LogP contribution < -0.4 is 5.32 Å².